The minimum Gasteiger partial charge on any atom is -0.404 e. The summed E-state index contributed by atoms with van der Waals surface area (Å²) >= 11 is 0. The number of sulfonamides is 1. The molecule has 0 saturated heterocycles. The largest absolute Gasteiger partial charge is 0.573 e. The summed E-state index contributed by atoms with van der Waals surface area (Å²) in [6, 6.07) is 7.92. The second-order valence-corrected chi connectivity index (χ2v) is 6.29. The molecule has 2 aromatic rings. The number of rotatable bonds is 5. The van der Waals surface area contributed by atoms with E-state index in [0.717, 1.165) is 42.5 Å². The molecular weight excluding hydrogens is 392 g/mol. The van der Waals surface area contributed by atoms with Gasteiger partial charge in [-0.25, -0.2) is 8.42 Å². The van der Waals surface area contributed by atoms with Crippen LogP contribution in [0.3, 0.4) is 0 Å². The van der Waals surface area contributed by atoms with E-state index >= 15 is 0 Å². The van der Waals surface area contributed by atoms with E-state index in [2.05, 4.69) is 9.47 Å². The molecule has 142 valence electrons. The summed E-state index contributed by atoms with van der Waals surface area (Å²) in [6.07, 6.45) is -10.3. The molecule has 2 aromatic carbocycles. The summed E-state index contributed by atoms with van der Waals surface area (Å²) in [5, 5.41) is 0. The Hall–Kier alpha value is -2.63. The highest BCUT2D eigenvalue weighted by molar-refractivity contribution is 7.92. The Bertz CT molecular complexity index is 879. The molecule has 0 spiro atoms. The minimum absolute atomic E-state index is 0.619. The highest BCUT2D eigenvalue weighted by atomic mass is 32.2. The highest BCUT2D eigenvalue weighted by Gasteiger charge is 2.35. The van der Waals surface area contributed by atoms with E-state index in [-0.39, 0.29) is 0 Å². The van der Waals surface area contributed by atoms with Crippen LogP contribution in [0.2, 0.25) is 0 Å². The number of para-hydroxylation sites is 3. The van der Waals surface area contributed by atoms with Gasteiger partial charge in [-0.15, -0.1) is 26.3 Å². The van der Waals surface area contributed by atoms with Gasteiger partial charge in [-0.05, 0) is 24.3 Å². The molecule has 0 heterocycles. The first-order valence-electron chi connectivity index (χ1n) is 6.60. The Balaban J connectivity index is 2.40. The summed E-state index contributed by atoms with van der Waals surface area (Å²) in [6.45, 7) is 0. The average molecular weight is 401 g/mol. The normalized spacial score (nSPS) is 12.5. The lowest BCUT2D eigenvalue weighted by Gasteiger charge is -2.16. The molecule has 0 aliphatic rings. The third kappa shape index (κ3) is 5.44. The van der Waals surface area contributed by atoms with Crippen LogP contribution in [0.5, 0.6) is 11.5 Å². The molecule has 1 N–H and O–H groups in total. The molecule has 2 rings (SSSR count). The van der Waals surface area contributed by atoms with Crippen LogP contribution in [0.15, 0.2) is 53.4 Å². The van der Waals surface area contributed by atoms with Gasteiger partial charge in [0.05, 0.1) is 5.69 Å². The van der Waals surface area contributed by atoms with E-state index in [0.29, 0.717) is 0 Å². The highest BCUT2D eigenvalue weighted by Crippen LogP contribution is 2.34. The van der Waals surface area contributed by atoms with Gasteiger partial charge in [-0.1, -0.05) is 24.3 Å². The molecule has 26 heavy (non-hydrogen) atoms. The van der Waals surface area contributed by atoms with Crippen LogP contribution in [0.4, 0.5) is 32.0 Å². The van der Waals surface area contributed by atoms with Crippen molar-refractivity contribution in [3.63, 3.8) is 0 Å². The van der Waals surface area contributed by atoms with Gasteiger partial charge in [-0.3, -0.25) is 4.72 Å². The van der Waals surface area contributed by atoms with Crippen molar-refractivity contribution in [2.45, 2.75) is 17.6 Å². The molecule has 12 heteroatoms. The standard InChI is InChI=1S/C14H9F6NO4S/c15-13(16,17)24-10-6-2-1-5-9(10)21-26(22,23)12-8-4-3-7-11(12)25-14(18,19)20/h1-8,21H. The van der Waals surface area contributed by atoms with E-state index in [4.69, 9.17) is 0 Å². The maximum Gasteiger partial charge on any atom is 0.573 e. The molecule has 0 aliphatic heterocycles. The smallest absolute Gasteiger partial charge is 0.404 e. The van der Waals surface area contributed by atoms with Crippen molar-refractivity contribution in [2.75, 3.05) is 4.72 Å². The fourth-order valence-corrected chi connectivity index (χ4v) is 3.05. The van der Waals surface area contributed by atoms with E-state index < -0.39 is 44.8 Å². The van der Waals surface area contributed by atoms with Crippen LogP contribution in [0.25, 0.3) is 0 Å². The average Bonchev–Trinajstić information content (AvgIpc) is 2.46. The van der Waals surface area contributed by atoms with Crippen molar-refractivity contribution in [3.8, 4) is 11.5 Å². The lowest BCUT2D eigenvalue weighted by Crippen LogP contribution is -2.22. The molecule has 0 aliphatic carbocycles. The van der Waals surface area contributed by atoms with E-state index in [1.54, 1.807) is 4.72 Å². The van der Waals surface area contributed by atoms with Crippen molar-refractivity contribution >= 4 is 15.7 Å². The molecule has 0 saturated carbocycles. The quantitative estimate of drug-likeness (QED) is 0.760. The maximum absolute atomic E-state index is 12.4. The van der Waals surface area contributed by atoms with Crippen LogP contribution in [-0.2, 0) is 10.0 Å². The van der Waals surface area contributed by atoms with Gasteiger partial charge in [0.1, 0.15) is 10.6 Å². The third-order valence-electron chi connectivity index (χ3n) is 2.72. The maximum atomic E-state index is 12.4. The van der Waals surface area contributed by atoms with Crippen LogP contribution in [0, 0.1) is 0 Å². The monoisotopic (exact) mass is 401 g/mol. The van der Waals surface area contributed by atoms with Gasteiger partial charge in [-0.2, -0.15) is 0 Å². The molecule has 0 fully saturated rings. The number of alkyl halides is 6. The summed E-state index contributed by atoms with van der Waals surface area (Å²) < 4.78 is 108. The molecule has 0 atom stereocenters. The fraction of sp³-hybridized carbons (Fsp3) is 0.143. The second kappa shape index (κ2) is 6.94. The molecule has 5 nitrogen and oxygen atoms in total. The van der Waals surface area contributed by atoms with Crippen molar-refractivity contribution in [2.24, 2.45) is 0 Å². The number of hydrogen-bond donors (Lipinski definition) is 1. The van der Waals surface area contributed by atoms with E-state index in [1.807, 2.05) is 0 Å². The molecule has 0 unspecified atom stereocenters. The Morgan fingerprint density at radius 3 is 1.77 bits per heavy atom. The molecule has 0 aromatic heterocycles. The molecular formula is C14H9F6NO4S. The SMILES string of the molecule is O=S(=O)(Nc1ccccc1OC(F)(F)F)c1ccccc1OC(F)(F)F. The van der Waals surface area contributed by atoms with Gasteiger partial charge in [0.25, 0.3) is 10.0 Å². The van der Waals surface area contributed by atoms with Crippen LogP contribution >= 0.6 is 0 Å². The second-order valence-electron chi connectivity index (χ2n) is 4.64. The zero-order valence-electron chi connectivity index (χ0n) is 12.4. The predicted molar refractivity (Wildman–Crippen MR) is 77.1 cm³/mol. The van der Waals surface area contributed by atoms with E-state index in [9.17, 15) is 34.8 Å². The van der Waals surface area contributed by atoms with Gasteiger partial charge >= 0.3 is 12.7 Å². The lowest BCUT2D eigenvalue weighted by molar-refractivity contribution is -0.276. The van der Waals surface area contributed by atoms with E-state index in [1.165, 1.54) is 6.07 Å². The first-order valence-corrected chi connectivity index (χ1v) is 8.08. The first kappa shape index (κ1) is 19.7. The van der Waals surface area contributed by atoms with Crippen molar-refractivity contribution in [1.82, 2.24) is 0 Å². The van der Waals surface area contributed by atoms with Crippen molar-refractivity contribution in [1.29, 1.82) is 0 Å². The number of anilines is 1. The molecule has 0 bridgehead atoms. The minimum atomic E-state index is -5.16. The topological polar surface area (TPSA) is 64.6 Å². The summed E-state index contributed by atoms with van der Waals surface area (Å²) in [7, 11) is -4.72. The summed E-state index contributed by atoms with van der Waals surface area (Å²) in [4.78, 5) is -0.917. The predicted octanol–water partition coefficient (Wildman–Crippen LogP) is 4.28. The Morgan fingerprint density at radius 1 is 0.731 bits per heavy atom. The zero-order chi connectivity index (χ0) is 19.6. The summed E-state index contributed by atoms with van der Waals surface area (Å²) in [5.41, 5.74) is -0.619. The van der Waals surface area contributed by atoms with Crippen molar-refractivity contribution in [3.05, 3.63) is 48.5 Å². The number of benzene rings is 2. The third-order valence-corrected chi connectivity index (χ3v) is 4.13. The van der Waals surface area contributed by atoms with Gasteiger partial charge in [0.2, 0.25) is 0 Å². The van der Waals surface area contributed by atoms with Crippen molar-refractivity contribution < 1.29 is 44.2 Å². The number of ether oxygens (including phenoxy) is 2. The van der Waals surface area contributed by atoms with Crippen LogP contribution in [-0.4, -0.2) is 21.1 Å². The Kier molecular flexibility index (Phi) is 5.26. The Morgan fingerprint density at radius 2 is 1.19 bits per heavy atom. The first-order chi connectivity index (χ1) is 11.9. The number of nitrogens with one attached hydrogen (secondary N) is 1. The van der Waals surface area contributed by atoms with Crippen LogP contribution in [0.1, 0.15) is 0 Å². The Labute approximate surface area is 143 Å². The van der Waals surface area contributed by atoms with Gasteiger partial charge < -0.3 is 9.47 Å². The fourth-order valence-electron chi connectivity index (χ4n) is 1.85. The molecule has 0 amide bonds. The molecule has 0 radical (unpaired) electrons. The van der Waals surface area contributed by atoms with Crippen LogP contribution < -0.4 is 14.2 Å². The number of hydrogen-bond acceptors (Lipinski definition) is 4. The zero-order valence-corrected chi connectivity index (χ0v) is 13.2. The van der Waals surface area contributed by atoms with Gasteiger partial charge in [0, 0.05) is 0 Å². The lowest BCUT2D eigenvalue weighted by atomic mass is 10.3. The number of halogens is 6. The van der Waals surface area contributed by atoms with Gasteiger partial charge in [0.15, 0.2) is 5.75 Å². The summed E-state index contributed by atoms with van der Waals surface area (Å²) in [5.74, 6) is -1.92.